The van der Waals surface area contributed by atoms with E-state index < -0.39 is 19.0 Å². The molecule has 3 aromatic heterocycles. The molecule has 0 saturated carbocycles. The van der Waals surface area contributed by atoms with Gasteiger partial charge in [-0.05, 0) is 36.8 Å². The van der Waals surface area contributed by atoms with Crippen LogP contribution in [0.5, 0.6) is 0 Å². The average Bonchev–Trinajstić information content (AvgIpc) is 3.30. The normalized spacial score (nSPS) is 15.1. The van der Waals surface area contributed by atoms with Crippen LogP contribution in [0.25, 0.3) is 17.0 Å². The molecule has 10 nitrogen and oxygen atoms in total. The molecule has 182 valence electrons. The highest BCUT2D eigenvalue weighted by molar-refractivity contribution is 5.89. The fraction of sp³-hybridized carbons (Fsp3) is 0.250. The minimum Gasteiger partial charge on any atom is -0.351 e. The van der Waals surface area contributed by atoms with E-state index in [2.05, 4.69) is 26.3 Å². The summed E-state index contributed by atoms with van der Waals surface area (Å²) in [5.74, 6) is -2.21. The Labute approximate surface area is 204 Å². The average molecular weight is 489 g/mol. The van der Waals surface area contributed by atoms with Crippen LogP contribution in [-0.4, -0.2) is 57.0 Å². The number of carbonyl (C=O) groups excluding carboxylic acids is 1. The third kappa shape index (κ3) is 4.04. The molecule has 36 heavy (non-hydrogen) atoms. The number of amides is 1. The Hall–Kier alpha value is -4.66. The second kappa shape index (κ2) is 8.84. The highest BCUT2D eigenvalue weighted by Gasteiger charge is 2.46. The van der Waals surface area contributed by atoms with E-state index in [-0.39, 0.29) is 23.5 Å². The van der Waals surface area contributed by atoms with Crippen molar-refractivity contribution >= 4 is 34.8 Å². The maximum absolute atomic E-state index is 13.8. The summed E-state index contributed by atoms with van der Waals surface area (Å²) in [4.78, 5) is 32.6. The molecule has 12 heteroatoms. The number of halogens is 2. The molecule has 1 aliphatic rings. The van der Waals surface area contributed by atoms with Gasteiger partial charge in [0.15, 0.2) is 11.6 Å². The van der Waals surface area contributed by atoms with Crippen molar-refractivity contribution in [3.8, 4) is 12.0 Å². The lowest BCUT2D eigenvalue weighted by Gasteiger charge is -2.41. The summed E-state index contributed by atoms with van der Waals surface area (Å²) >= 11 is 0. The van der Waals surface area contributed by atoms with E-state index in [1.54, 1.807) is 42.2 Å². The van der Waals surface area contributed by atoms with Crippen molar-refractivity contribution in [3.63, 3.8) is 0 Å². The number of aromatic nitrogens is 5. The van der Waals surface area contributed by atoms with E-state index in [9.17, 15) is 18.8 Å². The van der Waals surface area contributed by atoms with Gasteiger partial charge < -0.3 is 15.1 Å². The Bertz CT molecular complexity index is 1470. The van der Waals surface area contributed by atoms with Gasteiger partial charge in [-0.3, -0.25) is 14.3 Å². The van der Waals surface area contributed by atoms with Gasteiger partial charge in [0.05, 0.1) is 41.8 Å². The molecule has 1 amide bonds. The summed E-state index contributed by atoms with van der Waals surface area (Å²) in [7, 11) is 1.79. The Kier molecular flexibility index (Phi) is 5.68. The topological polar surface area (TPSA) is 116 Å². The molecule has 0 bridgehead atoms. The fourth-order valence-corrected chi connectivity index (χ4v) is 4.13. The number of benzene rings is 1. The van der Waals surface area contributed by atoms with Crippen molar-refractivity contribution in [2.45, 2.75) is 18.9 Å². The Morgan fingerprint density at radius 2 is 2.08 bits per heavy atom. The number of pyridine rings is 1. The number of nitriles is 1. The van der Waals surface area contributed by atoms with Crippen molar-refractivity contribution in [1.82, 2.24) is 24.5 Å². The maximum Gasteiger partial charge on any atom is 0.282 e. The molecule has 4 aromatic rings. The Balaban J connectivity index is 1.70. The van der Waals surface area contributed by atoms with Crippen molar-refractivity contribution < 1.29 is 13.6 Å². The van der Waals surface area contributed by atoms with E-state index in [0.717, 1.165) is 5.56 Å². The van der Waals surface area contributed by atoms with Gasteiger partial charge in [0, 0.05) is 19.4 Å². The standard InChI is InChI=1S/C24H21F2N9O/c1-15(17-4-3-7-28-10-17)33(2)21-20(30-14-36)22(34-11-24(25,26)12-34)32-23(31-21)35-13-29-18-6-5-16(9-27)8-19(18)35/h3-8,10,13-15H,11-12H2,1-2H3,(H,30,36). The SMILES string of the molecule is CC(c1cccnc1)N(C)c1nc(-n2cnc3ccc(C#N)cc32)nc(N2CC(F)(F)C2)c1NC=O. The lowest BCUT2D eigenvalue weighted by Crippen LogP contribution is -2.57. The summed E-state index contributed by atoms with van der Waals surface area (Å²) in [6, 6.07) is 10.6. The fourth-order valence-electron chi connectivity index (χ4n) is 4.13. The number of alkyl halides is 2. The van der Waals surface area contributed by atoms with Gasteiger partial charge >= 0.3 is 0 Å². The first-order chi connectivity index (χ1) is 17.3. The van der Waals surface area contributed by atoms with Crippen LogP contribution in [0, 0.1) is 11.3 Å². The molecule has 1 aliphatic heterocycles. The molecule has 0 aliphatic carbocycles. The van der Waals surface area contributed by atoms with Crippen LogP contribution in [-0.2, 0) is 4.79 Å². The zero-order valence-electron chi connectivity index (χ0n) is 19.4. The number of nitrogens with one attached hydrogen (secondary N) is 1. The number of imidazole rings is 1. The number of anilines is 3. The van der Waals surface area contributed by atoms with Crippen molar-refractivity contribution in [1.29, 1.82) is 5.26 Å². The van der Waals surface area contributed by atoms with E-state index in [0.29, 0.717) is 28.8 Å². The van der Waals surface area contributed by atoms with E-state index in [4.69, 9.17) is 4.98 Å². The first-order valence-electron chi connectivity index (χ1n) is 11.1. The van der Waals surface area contributed by atoms with E-state index in [1.807, 2.05) is 24.0 Å². The smallest absolute Gasteiger partial charge is 0.282 e. The number of carbonyl (C=O) groups is 1. The van der Waals surface area contributed by atoms with Crippen molar-refractivity contribution in [2.75, 3.05) is 35.3 Å². The zero-order chi connectivity index (χ0) is 25.4. The lowest BCUT2D eigenvalue weighted by atomic mass is 10.1. The van der Waals surface area contributed by atoms with Gasteiger partial charge in [0.2, 0.25) is 12.4 Å². The molecule has 1 unspecified atom stereocenters. The molecular weight excluding hydrogens is 468 g/mol. The summed E-state index contributed by atoms with van der Waals surface area (Å²) in [5, 5.41) is 12.0. The maximum atomic E-state index is 13.8. The third-order valence-electron chi connectivity index (χ3n) is 6.18. The molecule has 1 fully saturated rings. The van der Waals surface area contributed by atoms with Crippen LogP contribution >= 0.6 is 0 Å². The second-order valence-electron chi connectivity index (χ2n) is 8.52. The van der Waals surface area contributed by atoms with Crippen molar-refractivity contribution in [3.05, 3.63) is 60.2 Å². The molecular formula is C24H21F2N9O. The van der Waals surface area contributed by atoms with Gasteiger partial charge in [-0.25, -0.2) is 13.8 Å². The van der Waals surface area contributed by atoms with Gasteiger partial charge in [0.25, 0.3) is 5.92 Å². The van der Waals surface area contributed by atoms with Crippen LogP contribution in [0.4, 0.5) is 26.1 Å². The lowest BCUT2D eigenvalue weighted by molar-refractivity contribution is -0.105. The molecule has 0 radical (unpaired) electrons. The minimum absolute atomic E-state index is 0.162. The largest absolute Gasteiger partial charge is 0.351 e. The number of hydrogen-bond donors (Lipinski definition) is 1. The second-order valence-corrected chi connectivity index (χ2v) is 8.52. The van der Waals surface area contributed by atoms with E-state index in [1.165, 1.54) is 11.2 Å². The van der Waals surface area contributed by atoms with Crippen LogP contribution in [0.1, 0.15) is 24.1 Å². The van der Waals surface area contributed by atoms with Crippen LogP contribution in [0.2, 0.25) is 0 Å². The molecule has 1 saturated heterocycles. The molecule has 1 N–H and O–H groups in total. The summed E-state index contributed by atoms with van der Waals surface area (Å²) in [6.45, 7) is 0.857. The summed E-state index contributed by atoms with van der Waals surface area (Å²) < 4.78 is 29.2. The van der Waals surface area contributed by atoms with Gasteiger partial charge in [-0.2, -0.15) is 15.2 Å². The Morgan fingerprint density at radius 1 is 1.28 bits per heavy atom. The van der Waals surface area contributed by atoms with Gasteiger partial charge in [0.1, 0.15) is 12.0 Å². The molecule has 0 spiro atoms. The predicted octanol–water partition coefficient (Wildman–Crippen LogP) is 3.30. The number of fused-ring (bicyclic) bond motifs is 1. The monoisotopic (exact) mass is 489 g/mol. The van der Waals surface area contributed by atoms with Gasteiger partial charge in [-0.15, -0.1) is 0 Å². The first-order valence-corrected chi connectivity index (χ1v) is 11.1. The quantitative estimate of drug-likeness (QED) is 0.393. The molecule has 4 heterocycles. The number of hydrogen-bond acceptors (Lipinski definition) is 8. The molecule has 5 rings (SSSR count). The van der Waals surface area contributed by atoms with Crippen LogP contribution < -0.4 is 15.1 Å². The highest BCUT2D eigenvalue weighted by Crippen LogP contribution is 2.41. The van der Waals surface area contributed by atoms with Crippen LogP contribution in [0.15, 0.2) is 49.1 Å². The molecule has 1 atom stereocenters. The Morgan fingerprint density at radius 3 is 2.75 bits per heavy atom. The number of rotatable bonds is 7. The number of nitrogens with zero attached hydrogens (tertiary/aromatic N) is 8. The minimum atomic E-state index is -2.86. The summed E-state index contributed by atoms with van der Waals surface area (Å²) in [6.07, 6.45) is 5.37. The van der Waals surface area contributed by atoms with Crippen molar-refractivity contribution in [2.24, 2.45) is 0 Å². The summed E-state index contributed by atoms with van der Waals surface area (Å²) in [5.41, 5.74) is 2.72. The third-order valence-corrected chi connectivity index (χ3v) is 6.18. The molecule has 1 aromatic carbocycles. The van der Waals surface area contributed by atoms with Gasteiger partial charge in [-0.1, -0.05) is 6.07 Å². The first kappa shape index (κ1) is 23.1. The van der Waals surface area contributed by atoms with E-state index >= 15 is 0 Å². The van der Waals surface area contributed by atoms with Crippen LogP contribution in [0.3, 0.4) is 0 Å². The predicted molar refractivity (Wildman–Crippen MR) is 129 cm³/mol. The zero-order valence-corrected chi connectivity index (χ0v) is 19.4. The highest BCUT2D eigenvalue weighted by atomic mass is 19.3.